The van der Waals surface area contributed by atoms with Gasteiger partial charge in [0.25, 0.3) is 0 Å². The van der Waals surface area contributed by atoms with Crippen LogP contribution in [-0.2, 0) is 0 Å². The first-order valence-corrected chi connectivity index (χ1v) is 6.58. The van der Waals surface area contributed by atoms with Crippen LogP contribution in [0.3, 0.4) is 0 Å². The van der Waals surface area contributed by atoms with Crippen LogP contribution < -0.4 is 17.2 Å². The fourth-order valence-electron chi connectivity index (χ4n) is 0.100. The van der Waals surface area contributed by atoms with Gasteiger partial charge >= 0.3 is 54.6 Å². The Hall–Kier alpha value is -0.188. The van der Waals surface area contributed by atoms with E-state index in [2.05, 4.69) is 31.5 Å². The van der Waals surface area contributed by atoms with Crippen LogP contribution in [0.5, 0.6) is 0 Å². The Bertz CT molecular complexity index is 120. The molecule has 6 nitrogen and oxygen atoms in total. The minimum absolute atomic E-state index is 1.11. The summed E-state index contributed by atoms with van der Waals surface area (Å²) in [4.78, 5) is 0. The molecule has 0 aromatic carbocycles. The molecular weight excluding hydrogens is 407 g/mol. The summed E-state index contributed by atoms with van der Waals surface area (Å²) in [5.41, 5.74) is 14.5. The average molecular weight is 416 g/mol. The third-order valence-electron chi connectivity index (χ3n) is 0.321. The summed E-state index contributed by atoms with van der Waals surface area (Å²) >= 11 is 1.58. The quantitative estimate of drug-likeness (QED) is 0.298. The van der Waals surface area contributed by atoms with Crippen molar-refractivity contribution < 1.29 is 0 Å². The molecule has 0 atom stereocenters. The van der Waals surface area contributed by atoms with Crippen molar-refractivity contribution in [2.24, 2.45) is 26.8 Å². The van der Waals surface area contributed by atoms with Gasteiger partial charge in [0.05, 0.1) is 22.5 Å². The van der Waals surface area contributed by atoms with Crippen LogP contribution in [0.1, 0.15) is 0 Å². The molecule has 11 heavy (non-hydrogen) atoms. The molecule has 0 aliphatic heterocycles. The van der Waals surface area contributed by atoms with Gasteiger partial charge in [0.2, 0.25) is 0 Å². The van der Waals surface area contributed by atoms with E-state index in [1.165, 1.54) is 19.0 Å². The van der Waals surface area contributed by atoms with Gasteiger partial charge in [-0.25, -0.2) is 0 Å². The van der Waals surface area contributed by atoms with Crippen molar-refractivity contribution in [3.63, 3.8) is 0 Å². The number of hydrogen-bond acceptors (Lipinski definition) is 3. The second kappa shape index (κ2) is 16.4. The standard InChI is InChI=1S/CH3BrN2.2CH3N2.Pb/c2-4-1-3;2*2-1-3;/h1H,(H2,3,4);2*1H,(H2-,2,3);/q;2*-1;+2. The summed E-state index contributed by atoms with van der Waals surface area (Å²) in [6.45, 7) is 0. The van der Waals surface area contributed by atoms with E-state index in [1.807, 2.05) is 0 Å². The summed E-state index contributed by atoms with van der Waals surface area (Å²) in [7, 11) is 0. The van der Waals surface area contributed by atoms with E-state index < -0.39 is 24.8 Å². The molecule has 8 heteroatoms. The van der Waals surface area contributed by atoms with Crippen molar-refractivity contribution >= 4 is 60.0 Å². The van der Waals surface area contributed by atoms with Gasteiger partial charge in [0, 0.05) is 0 Å². The molecule has 0 aromatic rings. The molecular formula is C3H9BrN6Pb. The molecule has 0 unspecified atom stereocenters. The zero-order chi connectivity index (χ0) is 8.95. The first-order valence-electron chi connectivity index (χ1n) is 2.39. The van der Waals surface area contributed by atoms with Crippen molar-refractivity contribution in [2.75, 3.05) is 0 Å². The number of nitrogens with two attached hydrogens (primary N) is 3. The van der Waals surface area contributed by atoms with Crippen molar-refractivity contribution in [3.8, 4) is 0 Å². The van der Waals surface area contributed by atoms with Gasteiger partial charge in [-0.3, -0.25) is 0 Å². The Morgan fingerprint density at radius 3 is 1.55 bits per heavy atom. The predicted molar refractivity (Wildman–Crippen MR) is 52.7 cm³/mol. The molecule has 0 fully saturated rings. The number of halogens is 1. The third-order valence-corrected chi connectivity index (χ3v) is 2.61. The molecule has 0 amide bonds. The van der Waals surface area contributed by atoms with E-state index in [1.54, 1.807) is 0 Å². The Morgan fingerprint density at radius 2 is 1.36 bits per heavy atom. The molecule has 62 valence electrons. The fraction of sp³-hybridized carbons (Fsp3) is 0. The zero-order valence-electron chi connectivity index (χ0n) is 5.68. The molecule has 0 aliphatic carbocycles. The maximum absolute atomic E-state index is 4.91. The van der Waals surface area contributed by atoms with Gasteiger partial charge in [0.1, 0.15) is 0 Å². The van der Waals surface area contributed by atoms with Crippen LogP contribution in [0.15, 0.2) is 9.62 Å². The van der Waals surface area contributed by atoms with E-state index in [4.69, 9.17) is 11.5 Å². The summed E-state index contributed by atoms with van der Waals surface area (Å²) < 4.78 is 10.7. The summed E-state index contributed by atoms with van der Waals surface area (Å²) in [5, 5.41) is 0. The number of rotatable bonds is 2. The van der Waals surface area contributed by atoms with Crippen LogP contribution >= 0.6 is 16.1 Å². The maximum atomic E-state index is 4.91. The molecule has 0 spiro atoms. The van der Waals surface area contributed by atoms with Crippen LogP contribution in [0.25, 0.3) is 0 Å². The second-order valence-electron chi connectivity index (χ2n) is 0.903. The first kappa shape index (κ1) is 13.4. The van der Waals surface area contributed by atoms with Gasteiger partial charge in [0.15, 0.2) is 0 Å². The van der Waals surface area contributed by atoms with Crippen molar-refractivity contribution in [1.82, 2.24) is 0 Å². The summed E-state index contributed by atoms with van der Waals surface area (Å²) in [6.07, 6.45) is 3.71. The summed E-state index contributed by atoms with van der Waals surface area (Å²) in [6, 6.07) is 0. The van der Waals surface area contributed by atoms with E-state index in [0.717, 1.165) is 0 Å². The van der Waals surface area contributed by atoms with Gasteiger partial charge in [-0.2, -0.15) is 4.02 Å². The Labute approximate surface area is 86.4 Å². The Balaban J connectivity index is 0. The zero-order valence-corrected chi connectivity index (χ0v) is 11.2. The normalized spacial score (nSPS) is 10.6. The van der Waals surface area contributed by atoms with Crippen molar-refractivity contribution in [2.45, 2.75) is 0 Å². The monoisotopic (exact) mass is 416 g/mol. The molecule has 0 saturated carbocycles. The van der Waals surface area contributed by atoms with Crippen molar-refractivity contribution in [1.29, 1.82) is 0 Å². The van der Waals surface area contributed by atoms with E-state index in [0.29, 0.717) is 0 Å². The summed E-state index contributed by atoms with van der Waals surface area (Å²) in [5.74, 6) is 0. The molecule has 0 heterocycles. The Morgan fingerprint density at radius 1 is 1.00 bits per heavy atom. The van der Waals surface area contributed by atoms with Gasteiger partial charge in [-0.05, 0) is 0 Å². The number of hydrogen-bond donors (Lipinski definition) is 3. The van der Waals surface area contributed by atoms with Gasteiger partial charge < -0.3 is 5.73 Å². The number of nitrogens with zero attached hydrogens (tertiary/aromatic N) is 3. The van der Waals surface area contributed by atoms with E-state index in [-0.39, 0.29) is 0 Å². The van der Waals surface area contributed by atoms with Gasteiger partial charge in [-0.15, -0.1) is 0 Å². The molecule has 6 N–H and O–H groups in total. The van der Waals surface area contributed by atoms with Crippen LogP contribution in [0, 0.1) is 0 Å². The fourth-order valence-corrected chi connectivity index (χ4v) is 0.877. The predicted octanol–water partition coefficient (Wildman–Crippen LogP) is -1.22. The topological polar surface area (TPSA) is 115 Å². The van der Waals surface area contributed by atoms with Crippen LogP contribution in [0.4, 0.5) is 0 Å². The molecule has 0 aliphatic rings. The molecule has 0 aromatic heterocycles. The van der Waals surface area contributed by atoms with Crippen molar-refractivity contribution in [3.05, 3.63) is 0 Å². The molecule has 0 saturated heterocycles. The van der Waals surface area contributed by atoms with E-state index in [9.17, 15) is 0 Å². The van der Waals surface area contributed by atoms with Crippen LogP contribution in [-0.4, -0.2) is 43.8 Å². The Kier molecular flexibility index (Phi) is 20.0. The first-order chi connectivity index (χ1) is 5.33. The average Bonchev–Trinajstić information content (AvgIpc) is 2.06. The van der Waals surface area contributed by atoms with E-state index >= 15 is 0 Å². The molecule has 0 rings (SSSR count). The third kappa shape index (κ3) is 25.9. The van der Waals surface area contributed by atoms with Crippen LogP contribution in [0.2, 0.25) is 0 Å². The molecule has 2 radical (unpaired) electrons. The van der Waals surface area contributed by atoms with Gasteiger partial charge in [-0.1, -0.05) is 0 Å². The second-order valence-corrected chi connectivity index (χ2v) is 4.10. The molecule has 0 bridgehead atoms. The SMILES string of the molecule is N/C=N/Br.N/C=[N]\[Pb]/[N]=C\N. The minimum atomic E-state index is -1.11.